The van der Waals surface area contributed by atoms with E-state index >= 15 is 0 Å². The fraction of sp³-hybridized carbons (Fsp3) is 0.625. The van der Waals surface area contributed by atoms with Gasteiger partial charge in [-0.3, -0.25) is 15.0 Å². The maximum absolute atomic E-state index is 11.2. The number of rotatable bonds is 3. The van der Waals surface area contributed by atoms with Crippen LogP contribution >= 0.6 is 11.6 Å². The third kappa shape index (κ3) is 3.06. The van der Waals surface area contributed by atoms with Gasteiger partial charge in [-0.2, -0.15) is 0 Å². The Labute approximate surface area is 136 Å². The highest BCUT2D eigenvalue weighted by Crippen LogP contribution is 2.34. The SMILES string of the molecule is CC1CCCN1C1CCN(c2ccc(Cl)cc2[N+](=O)[O-])CC1. The minimum atomic E-state index is -0.337. The van der Waals surface area contributed by atoms with E-state index in [9.17, 15) is 10.1 Å². The van der Waals surface area contributed by atoms with Gasteiger partial charge in [0, 0.05) is 36.3 Å². The predicted molar refractivity (Wildman–Crippen MR) is 88.7 cm³/mol. The molecule has 0 aromatic heterocycles. The van der Waals surface area contributed by atoms with Gasteiger partial charge in [0.05, 0.1) is 4.92 Å². The summed E-state index contributed by atoms with van der Waals surface area (Å²) < 4.78 is 0. The number of nitro benzene ring substituents is 1. The standard InChI is InChI=1S/C16H22ClN3O2/c1-12-3-2-8-19(12)14-6-9-18(10-7-14)15-5-4-13(17)11-16(15)20(21)22/h4-5,11-12,14H,2-3,6-10H2,1H3. The molecule has 2 heterocycles. The first kappa shape index (κ1) is 15.6. The molecule has 2 aliphatic rings. The molecule has 1 aromatic carbocycles. The summed E-state index contributed by atoms with van der Waals surface area (Å²) in [6, 6.07) is 6.27. The molecule has 5 nitrogen and oxygen atoms in total. The fourth-order valence-corrected chi connectivity index (χ4v) is 4.01. The second-order valence-corrected chi connectivity index (χ2v) is 6.77. The molecule has 2 fully saturated rings. The lowest BCUT2D eigenvalue weighted by atomic mass is 10.0. The fourth-order valence-electron chi connectivity index (χ4n) is 3.85. The molecule has 1 unspecified atom stereocenters. The van der Waals surface area contributed by atoms with Crippen molar-refractivity contribution in [3.63, 3.8) is 0 Å². The van der Waals surface area contributed by atoms with E-state index < -0.39 is 0 Å². The summed E-state index contributed by atoms with van der Waals surface area (Å²) in [6.45, 7) is 5.25. The molecule has 0 aliphatic carbocycles. The smallest absolute Gasteiger partial charge is 0.294 e. The van der Waals surface area contributed by atoms with Crippen molar-refractivity contribution < 1.29 is 4.92 Å². The van der Waals surface area contributed by atoms with Crippen molar-refractivity contribution in [3.8, 4) is 0 Å². The van der Waals surface area contributed by atoms with Crippen molar-refractivity contribution in [1.82, 2.24) is 4.90 Å². The number of benzene rings is 1. The number of anilines is 1. The number of nitro groups is 1. The van der Waals surface area contributed by atoms with E-state index in [0.29, 0.717) is 22.8 Å². The van der Waals surface area contributed by atoms with Gasteiger partial charge >= 0.3 is 0 Å². The molecular weight excluding hydrogens is 302 g/mol. The van der Waals surface area contributed by atoms with Crippen molar-refractivity contribution in [2.75, 3.05) is 24.5 Å². The first-order chi connectivity index (χ1) is 10.6. The van der Waals surface area contributed by atoms with Gasteiger partial charge in [0.2, 0.25) is 0 Å². The monoisotopic (exact) mass is 323 g/mol. The van der Waals surface area contributed by atoms with Crippen LogP contribution in [0.5, 0.6) is 0 Å². The van der Waals surface area contributed by atoms with Gasteiger partial charge in [0.1, 0.15) is 5.69 Å². The molecule has 120 valence electrons. The first-order valence-corrected chi connectivity index (χ1v) is 8.38. The van der Waals surface area contributed by atoms with E-state index in [-0.39, 0.29) is 10.6 Å². The van der Waals surface area contributed by atoms with Crippen LogP contribution in [0.2, 0.25) is 5.02 Å². The van der Waals surface area contributed by atoms with E-state index in [1.165, 1.54) is 25.5 Å². The summed E-state index contributed by atoms with van der Waals surface area (Å²) >= 11 is 5.90. The van der Waals surface area contributed by atoms with E-state index in [1.54, 1.807) is 12.1 Å². The summed E-state index contributed by atoms with van der Waals surface area (Å²) in [5.41, 5.74) is 0.808. The maximum Gasteiger partial charge on any atom is 0.294 e. The van der Waals surface area contributed by atoms with Crippen LogP contribution in [0.1, 0.15) is 32.6 Å². The van der Waals surface area contributed by atoms with Crippen molar-refractivity contribution in [2.45, 2.75) is 44.7 Å². The van der Waals surface area contributed by atoms with Gasteiger partial charge in [0.25, 0.3) is 5.69 Å². The number of halogens is 1. The van der Waals surface area contributed by atoms with E-state index in [0.717, 1.165) is 25.9 Å². The zero-order valence-corrected chi connectivity index (χ0v) is 13.6. The van der Waals surface area contributed by atoms with Crippen LogP contribution in [-0.4, -0.2) is 41.5 Å². The minimum Gasteiger partial charge on any atom is -0.366 e. The molecule has 1 aromatic rings. The largest absolute Gasteiger partial charge is 0.366 e. The Morgan fingerprint density at radius 1 is 1.23 bits per heavy atom. The van der Waals surface area contributed by atoms with Crippen LogP contribution < -0.4 is 4.90 Å². The van der Waals surface area contributed by atoms with Crippen molar-refractivity contribution in [1.29, 1.82) is 0 Å². The Kier molecular flexibility index (Phi) is 4.54. The van der Waals surface area contributed by atoms with Crippen LogP contribution in [0, 0.1) is 10.1 Å². The maximum atomic E-state index is 11.2. The average Bonchev–Trinajstić information content (AvgIpc) is 2.93. The summed E-state index contributed by atoms with van der Waals surface area (Å²) in [6.07, 6.45) is 4.74. The Hall–Kier alpha value is -1.33. The van der Waals surface area contributed by atoms with E-state index in [1.807, 2.05) is 0 Å². The molecule has 22 heavy (non-hydrogen) atoms. The Balaban J connectivity index is 1.70. The van der Waals surface area contributed by atoms with Gasteiger partial charge < -0.3 is 4.90 Å². The Bertz CT molecular complexity index is 558. The number of nitrogens with zero attached hydrogens (tertiary/aromatic N) is 3. The highest BCUT2D eigenvalue weighted by atomic mass is 35.5. The van der Waals surface area contributed by atoms with Gasteiger partial charge in [-0.15, -0.1) is 0 Å². The highest BCUT2D eigenvalue weighted by molar-refractivity contribution is 6.30. The molecule has 0 N–H and O–H groups in total. The lowest BCUT2D eigenvalue weighted by molar-refractivity contribution is -0.384. The number of piperidine rings is 1. The summed E-state index contributed by atoms with van der Waals surface area (Å²) in [5.74, 6) is 0. The van der Waals surface area contributed by atoms with Gasteiger partial charge in [-0.05, 0) is 51.3 Å². The third-order valence-corrected chi connectivity index (χ3v) is 5.25. The van der Waals surface area contributed by atoms with Gasteiger partial charge in [-0.25, -0.2) is 0 Å². The molecule has 3 rings (SSSR count). The van der Waals surface area contributed by atoms with Crippen LogP contribution in [0.3, 0.4) is 0 Å². The molecule has 6 heteroatoms. The molecule has 0 amide bonds. The van der Waals surface area contributed by atoms with Crippen LogP contribution in [-0.2, 0) is 0 Å². The summed E-state index contributed by atoms with van der Waals surface area (Å²) in [4.78, 5) is 15.7. The Morgan fingerprint density at radius 3 is 2.55 bits per heavy atom. The third-order valence-electron chi connectivity index (χ3n) is 5.01. The lowest BCUT2D eigenvalue weighted by Crippen LogP contribution is -2.46. The van der Waals surface area contributed by atoms with Gasteiger partial charge in [0.15, 0.2) is 0 Å². The Morgan fingerprint density at radius 2 is 1.95 bits per heavy atom. The number of likely N-dealkylation sites (tertiary alicyclic amines) is 1. The van der Waals surface area contributed by atoms with Gasteiger partial charge in [-0.1, -0.05) is 11.6 Å². The molecule has 0 spiro atoms. The molecule has 1 atom stereocenters. The van der Waals surface area contributed by atoms with Crippen molar-refractivity contribution in [2.24, 2.45) is 0 Å². The van der Waals surface area contributed by atoms with Crippen molar-refractivity contribution >= 4 is 23.0 Å². The molecule has 0 radical (unpaired) electrons. The van der Waals surface area contributed by atoms with Crippen LogP contribution in [0.25, 0.3) is 0 Å². The molecule has 2 aliphatic heterocycles. The van der Waals surface area contributed by atoms with E-state index in [2.05, 4.69) is 16.7 Å². The van der Waals surface area contributed by atoms with Crippen LogP contribution in [0.4, 0.5) is 11.4 Å². The minimum absolute atomic E-state index is 0.112. The predicted octanol–water partition coefficient (Wildman–Crippen LogP) is 3.70. The first-order valence-electron chi connectivity index (χ1n) is 8.01. The molecule has 0 bridgehead atoms. The summed E-state index contributed by atoms with van der Waals surface area (Å²) in [5, 5.41) is 11.7. The number of hydrogen-bond acceptors (Lipinski definition) is 4. The molecule has 0 saturated carbocycles. The second kappa shape index (κ2) is 6.42. The summed E-state index contributed by atoms with van der Waals surface area (Å²) in [7, 11) is 0. The molecule has 2 saturated heterocycles. The quantitative estimate of drug-likeness (QED) is 0.628. The second-order valence-electron chi connectivity index (χ2n) is 6.34. The highest BCUT2D eigenvalue weighted by Gasteiger charge is 2.31. The van der Waals surface area contributed by atoms with Crippen molar-refractivity contribution in [3.05, 3.63) is 33.3 Å². The average molecular weight is 324 g/mol. The van der Waals surface area contributed by atoms with Crippen LogP contribution in [0.15, 0.2) is 18.2 Å². The number of hydrogen-bond donors (Lipinski definition) is 0. The van der Waals surface area contributed by atoms with E-state index in [4.69, 9.17) is 11.6 Å². The normalized spacial score (nSPS) is 23.9. The zero-order valence-electron chi connectivity index (χ0n) is 12.9. The zero-order chi connectivity index (χ0) is 15.7. The topological polar surface area (TPSA) is 49.6 Å². The molecular formula is C16H22ClN3O2. The lowest BCUT2D eigenvalue weighted by Gasteiger charge is -2.39.